The molecule has 0 aliphatic rings. The maximum Gasteiger partial charge on any atom is 0.0412 e. The molecular formula is C7H7IN. The number of hydrogen-bond donors (Lipinski definition) is 0. The summed E-state index contributed by atoms with van der Waals surface area (Å²) in [7, 11) is 0. The Morgan fingerprint density at radius 1 is 1.56 bits per heavy atom. The van der Waals surface area contributed by atoms with Crippen LogP contribution in [-0.2, 0) is 0 Å². The molecule has 1 rings (SSSR count). The summed E-state index contributed by atoms with van der Waals surface area (Å²) in [5.41, 5.74) is 2.33. The van der Waals surface area contributed by atoms with Crippen LogP contribution in [0.4, 0.5) is 0 Å². The van der Waals surface area contributed by atoms with Gasteiger partial charge in [-0.1, -0.05) is 0 Å². The summed E-state index contributed by atoms with van der Waals surface area (Å²) >= 11 is 2.25. The molecular weight excluding hydrogens is 225 g/mol. The van der Waals surface area contributed by atoms with Crippen LogP contribution in [0.2, 0.25) is 0 Å². The first kappa shape index (κ1) is 6.99. The second-order valence-corrected chi connectivity index (χ2v) is 3.01. The topological polar surface area (TPSA) is 12.9 Å². The molecule has 0 bridgehead atoms. The summed E-state index contributed by atoms with van der Waals surface area (Å²) in [5.74, 6) is 0. The van der Waals surface area contributed by atoms with Gasteiger partial charge in [-0.25, -0.2) is 0 Å². The van der Waals surface area contributed by atoms with E-state index in [1.54, 1.807) is 6.20 Å². The molecule has 0 spiro atoms. The first-order valence-electron chi connectivity index (χ1n) is 2.71. The number of pyridine rings is 1. The molecule has 9 heavy (non-hydrogen) atoms. The highest BCUT2D eigenvalue weighted by molar-refractivity contribution is 14.1. The summed E-state index contributed by atoms with van der Waals surface area (Å²) < 4.78 is 1.17. The van der Waals surface area contributed by atoms with Gasteiger partial charge < -0.3 is 0 Å². The lowest BCUT2D eigenvalue weighted by Crippen LogP contribution is -1.88. The Labute approximate surface area is 68.6 Å². The molecule has 0 unspecified atom stereocenters. The fourth-order valence-corrected chi connectivity index (χ4v) is 1.08. The van der Waals surface area contributed by atoms with E-state index in [9.17, 15) is 0 Å². The molecule has 0 saturated heterocycles. The van der Waals surface area contributed by atoms with Gasteiger partial charge in [0, 0.05) is 21.5 Å². The Bertz CT molecular complexity index is 200. The Kier molecular flexibility index (Phi) is 2.05. The fourth-order valence-electron chi connectivity index (χ4n) is 0.550. The molecule has 1 aromatic rings. The second-order valence-electron chi connectivity index (χ2n) is 1.93. The van der Waals surface area contributed by atoms with Crippen molar-refractivity contribution in [3.63, 3.8) is 0 Å². The summed E-state index contributed by atoms with van der Waals surface area (Å²) in [6.45, 7) is 4.06. The summed E-state index contributed by atoms with van der Waals surface area (Å²) in [6, 6.07) is 3.02. The quantitative estimate of drug-likeness (QED) is 0.624. The summed E-state index contributed by atoms with van der Waals surface area (Å²) in [4.78, 5) is 4.08. The zero-order valence-electron chi connectivity index (χ0n) is 5.40. The SMILES string of the molecule is Cc1nc[c]c(I)c1C. The Balaban J connectivity index is 3.25. The fraction of sp³-hybridized carbons (Fsp3) is 0.286. The van der Waals surface area contributed by atoms with Gasteiger partial charge in [0.05, 0.1) is 0 Å². The van der Waals surface area contributed by atoms with Crippen LogP contribution in [0.5, 0.6) is 0 Å². The highest BCUT2D eigenvalue weighted by Gasteiger charge is 1.95. The van der Waals surface area contributed by atoms with E-state index in [0.717, 1.165) is 5.69 Å². The lowest BCUT2D eigenvalue weighted by Gasteiger charge is -1.97. The van der Waals surface area contributed by atoms with Crippen molar-refractivity contribution in [1.29, 1.82) is 0 Å². The van der Waals surface area contributed by atoms with Crippen molar-refractivity contribution in [3.8, 4) is 0 Å². The van der Waals surface area contributed by atoms with E-state index in [0.29, 0.717) is 0 Å². The van der Waals surface area contributed by atoms with Gasteiger partial charge in [0.2, 0.25) is 0 Å². The number of rotatable bonds is 0. The van der Waals surface area contributed by atoms with Crippen LogP contribution in [0.25, 0.3) is 0 Å². The smallest absolute Gasteiger partial charge is 0.0412 e. The normalized spacial score (nSPS) is 9.67. The van der Waals surface area contributed by atoms with E-state index < -0.39 is 0 Å². The summed E-state index contributed by atoms with van der Waals surface area (Å²) in [5, 5.41) is 0. The highest BCUT2D eigenvalue weighted by atomic mass is 127. The molecule has 1 nitrogen and oxygen atoms in total. The number of aromatic nitrogens is 1. The van der Waals surface area contributed by atoms with Crippen molar-refractivity contribution >= 4 is 22.6 Å². The van der Waals surface area contributed by atoms with Crippen LogP contribution < -0.4 is 0 Å². The van der Waals surface area contributed by atoms with Gasteiger partial charge in [-0.3, -0.25) is 4.98 Å². The first-order valence-corrected chi connectivity index (χ1v) is 3.79. The molecule has 2 heteroatoms. The molecule has 1 aromatic heterocycles. The van der Waals surface area contributed by atoms with Gasteiger partial charge in [-0.05, 0) is 42.0 Å². The molecule has 0 amide bonds. The highest BCUT2D eigenvalue weighted by Crippen LogP contribution is 2.10. The van der Waals surface area contributed by atoms with Crippen molar-refractivity contribution in [3.05, 3.63) is 27.1 Å². The van der Waals surface area contributed by atoms with E-state index in [1.807, 2.05) is 6.92 Å². The van der Waals surface area contributed by atoms with Gasteiger partial charge in [0.1, 0.15) is 0 Å². The van der Waals surface area contributed by atoms with Crippen molar-refractivity contribution in [2.45, 2.75) is 13.8 Å². The zero-order valence-corrected chi connectivity index (χ0v) is 7.56. The van der Waals surface area contributed by atoms with E-state index in [1.165, 1.54) is 9.13 Å². The van der Waals surface area contributed by atoms with Crippen LogP contribution in [0.3, 0.4) is 0 Å². The molecule has 0 saturated carbocycles. The zero-order chi connectivity index (χ0) is 6.85. The van der Waals surface area contributed by atoms with Gasteiger partial charge in [0.25, 0.3) is 0 Å². The molecule has 1 heterocycles. The predicted molar refractivity (Wildman–Crippen MR) is 45.3 cm³/mol. The van der Waals surface area contributed by atoms with Crippen molar-refractivity contribution in [1.82, 2.24) is 4.98 Å². The largest absolute Gasteiger partial charge is 0.261 e. The van der Waals surface area contributed by atoms with Gasteiger partial charge in [0.15, 0.2) is 0 Å². The Hall–Kier alpha value is -0.120. The average Bonchev–Trinajstić information content (AvgIpc) is 1.83. The van der Waals surface area contributed by atoms with E-state index in [2.05, 4.69) is 40.6 Å². The predicted octanol–water partition coefficient (Wildman–Crippen LogP) is 2.10. The molecule has 0 fully saturated rings. The number of nitrogens with zero attached hydrogens (tertiary/aromatic N) is 1. The van der Waals surface area contributed by atoms with Gasteiger partial charge >= 0.3 is 0 Å². The third-order valence-electron chi connectivity index (χ3n) is 1.32. The average molecular weight is 232 g/mol. The van der Waals surface area contributed by atoms with E-state index in [4.69, 9.17) is 0 Å². The minimum Gasteiger partial charge on any atom is -0.261 e. The molecule has 47 valence electrons. The molecule has 0 aromatic carbocycles. The standard InChI is InChI=1S/C7H7IN/c1-5-6(2)9-4-3-7(5)8/h4H,1-2H3. The van der Waals surface area contributed by atoms with Crippen LogP contribution in [0.15, 0.2) is 6.20 Å². The third-order valence-corrected chi connectivity index (χ3v) is 2.44. The lowest BCUT2D eigenvalue weighted by molar-refractivity contribution is 1.13. The van der Waals surface area contributed by atoms with Crippen molar-refractivity contribution < 1.29 is 0 Å². The second kappa shape index (κ2) is 2.64. The molecule has 1 radical (unpaired) electrons. The van der Waals surface area contributed by atoms with Gasteiger partial charge in [-0.15, -0.1) is 0 Å². The van der Waals surface area contributed by atoms with Crippen LogP contribution >= 0.6 is 22.6 Å². The van der Waals surface area contributed by atoms with Gasteiger partial charge in [-0.2, -0.15) is 0 Å². The minimum atomic E-state index is 1.10. The molecule has 0 aliphatic heterocycles. The number of hydrogen-bond acceptors (Lipinski definition) is 1. The Morgan fingerprint density at radius 3 is 2.67 bits per heavy atom. The van der Waals surface area contributed by atoms with Crippen molar-refractivity contribution in [2.75, 3.05) is 0 Å². The number of halogens is 1. The van der Waals surface area contributed by atoms with E-state index >= 15 is 0 Å². The van der Waals surface area contributed by atoms with Crippen LogP contribution in [0.1, 0.15) is 11.3 Å². The maximum atomic E-state index is 4.08. The lowest BCUT2D eigenvalue weighted by atomic mass is 10.2. The molecule has 0 aliphatic carbocycles. The van der Waals surface area contributed by atoms with Crippen LogP contribution in [-0.4, -0.2) is 4.98 Å². The maximum absolute atomic E-state index is 4.08. The third kappa shape index (κ3) is 1.41. The molecule has 0 atom stereocenters. The first-order chi connectivity index (χ1) is 4.22. The van der Waals surface area contributed by atoms with Crippen molar-refractivity contribution in [2.24, 2.45) is 0 Å². The monoisotopic (exact) mass is 232 g/mol. The Morgan fingerprint density at radius 2 is 2.22 bits per heavy atom. The van der Waals surface area contributed by atoms with Crippen LogP contribution in [0, 0.1) is 23.5 Å². The summed E-state index contributed by atoms with van der Waals surface area (Å²) in [6.07, 6.45) is 1.71. The number of aryl methyl sites for hydroxylation is 1. The van der Waals surface area contributed by atoms with E-state index in [-0.39, 0.29) is 0 Å². The molecule has 0 N–H and O–H groups in total. The minimum absolute atomic E-state index is 1.10.